The lowest BCUT2D eigenvalue weighted by molar-refractivity contribution is -0.113. The third-order valence-electron chi connectivity index (χ3n) is 4.05. The Balaban J connectivity index is 1.92. The normalized spacial score (nSPS) is 13.9. The summed E-state index contributed by atoms with van der Waals surface area (Å²) in [6.45, 7) is 7.11. The number of nitrogens with zero attached hydrogens (tertiary/aromatic N) is 5. The summed E-state index contributed by atoms with van der Waals surface area (Å²) in [5.74, 6) is -0.298. The van der Waals surface area contributed by atoms with E-state index in [9.17, 15) is 9.59 Å². The largest absolute Gasteiger partial charge is 0.378 e. The van der Waals surface area contributed by atoms with E-state index in [0.29, 0.717) is 22.8 Å². The minimum absolute atomic E-state index is 0.0929. The highest BCUT2D eigenvalue weighted by Gasteiger charge is 2.21. The number of nitrogens with one attached hydrogen (secondary N) is 1. The molecule has 2 heterocycles. The van der Waals surface area contributed by atoms with Crippen LogP contribution in [0.5, 0.6) is 0 Å². The number of rotatable bonds is 3. The highest BCUT2D eigenvalue weighted by atomic mass is 16.2. The first kappa shape index (κ1) is 18.2. The lowest BCUT2D eigenvalue weighted by Gasteiger charge is -2.14. The second-order valence-electron chi connectivity index (χ2n) is 6.37. The van der Waals surface area contributed by atoms with Crippen molar-refractivity contribution in [2.24, 2.45) is 9.98 Å². The van der Waals surface area contributed by atoms with Crippen LogP contribution in [0.2, 0.25) is 0 Å². The average Bonchev–Trinajstić information content (AvgIpc) is 2.99. The van der Waals surface area contributed by atoms with Gasteiger partial charge in [0, 0.05) is 31.4 Å². The Morgan fingerprint density at radius 2 is 1.93 bits per heavy atom. The molecule has 0 saturated carbocycles. The van der Waals surface area contributed by atoms with Crippen molar-refractivity contribution in [1.82, 2.24) is 9.78 Å². The van der Waals surface area contributed by atoms with Crippen LogP contribution in [-0.2, 0) is 4.79 Å². The maximum Gasteiger partial charge on any atom is 0.281 e. The van der Waals surface area contributed by atoms with Crippen LogP contribution in [0.3, 0.4) is 0 Å². The second-order valence-corrected chi connectivity index (χ2v) is 6.37. The Bertz CT molecular complexity index is 1010. The number of carbonyl (C=O) groups excluding carboxylic acids is 2. The van der Waals surface area contributed by atoms with E-state index in [-0.39, 0.29) is 17.4 Å². The van der Waals surface area contributed by atoms with Gasteiger partial charge in [0.05, 0.1) is 17.0 Å². The molecule has 0 unspecified atom stereocenters. The van der Waals surface area contributed by atoms with Crippen LogP contribution < -0.4 is 10.2 Å². The quantitative estimate of drug-likeness (QED) is 0.846. The zero-order valence-corrected chi connectivity index (χ0v) is 15.6. The van der Waals surface area contributed by atoms with Gasteiger partial charge in [-0.3, -0.25) is 9.59 Å². The van der Waals surface area contributed by atoms with Crippen molar-refractivity contribution in [3.8, 4) is 0 Å². The molecule has 8 nitrogen and oxygen atoms in total. The number of hydrogen-bond donors (Lipinski definition) is 1. The molecule has 1 aromatic carbocycles. The Hall–Kier alpha value is -3.55. The minimum atomic E-state index is -0.471. The molecule has 1 aliphatic rings. The van der Waals surface area contributed by atoms with E-state index in [1.165, 1.54) is 4.68 Å². The standard InChI is InChI=1S/C19H20N6O2/c1-11-9-16(21-18(27)14-7-6-8-15(10-14)24(4)5)25(23-11)19-20-13(3)12(2)17(26)22-19/h6-10H,2H2,1,3-5H3,(H,21,27). The van der Waals surface area contributed by atoms with Crippen LogP contribution in [0.4, 0.5) is 11.5 Å². The Labute approximate surface area is 156 Å². The third-order valence-corrected chi connectivity index (χ3v) is 4.05. The van der Waals surface area contributed by atoms with Gasteiger partial charge in [0.15, 0.2) is 0 Å². The number of aryl methyl sites for hydroxylation is 1. The molecule has 1 aromatic heterocycles. The molecule has 0 fully saturated rings. The smallest absolute Gasteiger partial charge is 0.281 e. The summed E-state index contributed by atoms with van der Waals surface area (Å²) in [7, 11) is 3.81. The number of anilines is 2. The monoisotopic (exact) mass is 364 g/mol. The summed E-state index contributed by atoms with van der Waals surface area (Å²) in [5, 5.41) is 7.11. The molecule has 0 atom stereocenters. The maximum absolute atomic E-state index is 12.7. The number of aromatic nitrogens is 2. The number of aliphatic imine (C=N–C) groups is 2. The Morgan fingerprint density at radius 1 is 1.19 bits per heavy atom. The van der Waals surface area contributed by atoms with Crippen LogP contribution in [0, 0.1) is 6.92 Å². The van der Waals surface area contributed by atoms with Gasteiger partial charge in [-0.05, 0) is 32.0 Å². The first-order valence-electron chi connectivity index (χ1n) is 8.29. The van der Waals surface area contributed by atoms with Crippen molar-refractivity contribution in [3.63, 3.8) is 0 Å². The van der Waals surface area contributed by atoms with E-state index < -0.39 is 5.91 Å². The number of carbonyl (C=O) groups is 2. The summed E-state index contributed by atoms with van der Waals surface area (Å²) in [6, 6.07) is 8.93. The summed E-state index contributed by atoms with van der Waals surface area (Å²) < 4.78 is 1.34. The second kappa shape index (κ2) is 6.99. The molecule has 1 N–H and O–H groups in total. The van der Waals surface area contributed by atoms with Crippen LogP contribution >= 0.6 is 0 Å². The fourth-order valence-corrected chi connectivity index (χ4v) is 2.51. The molecule has 0 radical (unpaired) electrons. The summed E-state index contributed by atoms with van der Waals surface area (Å²) in [6.07, 6.45) is 0. The van der Waals surface area contributed by atoms with E-state index in [1.807, 2.05) is 31.1 Å². The van der Waals surface area contributed by atoms with Gasteiger partial charge in [0.2, 0.25) is 0 Å². The molecule has 8 heteroatoms. The Kier molecular flexibility index (Phi) is 4.72. The fourth-order valence-electron chi connectivity index (χ4n) is 2.51. The molecule has 0 saturated heterocycles. The van der Waals surface area contributed by atoms with Crippen molar-refractivity contribution in [2.75, 3.05) is 24.3 Å². The molecule has 0 bridgehead atoms. The summed E-state index contributed by atoms with van der Waals surface area (Å²) in [5.41, 5.74) is 2.78. The van der Waals surface area contributed by atoms with Gasteiger partial charge >= 0.3 is 0 Å². The van der Waals surface area contributed by atoms with Gasteiger partial charge in [-0.15, -0.1) is 0 Å². The zero-order chi connectivity index (χ0) is 19.7. The van der Waals surface area contributed by atoms with E-state index in [2.05, 4.69) is 27.0 Å². The number of benzene rings is 1. The van der Waals surface area contributed by atoms with Gasteiger partial charge in [-0.1, -0.05) is 12.6 Å². The SMILES string of the molecule is C=C1C(=O)N=C(n2nc(C)cc2NC(=O)c2cccc(N(C)C)c2)N=C1C. The first-order chi connectivity index (χ1) is 12.8. The van der Waals surface area contributed by atoms with Gasteiger partial charge in [-0.2, -0.15) is 14.8 Å². The molecular formula is C19H20N6O2. The third kappa shape index (κ3) is 3.69. The molecule has 138 valence electrons. The predicted molar refractivity (Wildman–Crippen MR) is 106 cm³/mol. The van der Waals surface area contributed by atoms with Crippen LogP contribution in [0.25, 0.3) is 0 Å². The Morgan fingerprint density at radius 3 is 2.59 bits per heavy atom. The topological polar surface area (TPSA) is 91.9 Å². The van der Waals surface area contributed by atoms with Crippen molar-refractivity contribution < 1.29 is 9.59 Å². The van der Waals surface area contributed by atoms with Crippen LogP contribution in [0.1, 0.15) is 23.0 Å². The molecule has 0 spiro atoms. The molecular weight excluding hydrogens is 344 g/mol. The van der Waals surface area contributed by atoms with Crippen LogP contribution in [0.15, 0.2) is 52.5 Å². The number of hydrogen-bond acceptors (Lipinski definition) is 5. The van der Waals surface area contributed by atoms with Crippen LogP contribution in [-0.4, -0.2) is 47.4 Å². The van der Waals surface area contributed by atoms with Gasteiger partial charge < -0.3 is 10.2 Å². The molecule has 3 rings (SSSR count). The summed E-state index contributed by atoms with van der Waals surface area (Å²) >= 11 is 0. The van der Waals surface area contributed by atoms with Crippen molar-refractivity contribution >= 4 is 35.0 Å². The fraction of sp³-hybridized carbons (Fsp3) is 0.211. The number of amides is 2. The van der Waals surface area contributed by atoms with E-state index in [1.54, 1.807) is 32.0 Å². The zero-order valence-electron chi connectivity index (χ0n) is 15.6. The highest BCUT2D eigenvalue weighted by Crippen LogP contribution is 2.18. The van der Waals surface area contributed by atoms with Crippen molar-refractivity contribution in [3.05, 3.63) is 53.7 Å². The molecule has 0 aliphatic carbocycles. The molecule has 2 aromatic rings. The molecule has 1 aliphatic heterocycles. The molecule has 27 heavy (non-hydrogen) atoms. The maximum atomic E-state index is 12.7. The minimum Gasteiger partial charge on any atom is -0.378 e. The van der Waals surface area contributed by atoms with Gasteiger partial charge in [0.1, 0.15) is 5.82 Å². The summed E-state index contributed by atoms with van der Waals surface area (Å²) in [4.78, 5) is 34.7. The molecule has 2 amide bonds. The predicted octanol–water partition coefficient (Wildman–Crippen LogP) is 2.27. The van der Waals surface area contributed by atoms with Crippen molar-refractivity contribution in [1.29, 1.82) is 0 Å². The lowest BCUT2D eigenvalue weighted by atomic mass is 10.2. The van der Waals surface area contributed by atoms with E-state index >= 15 is 0 Å². The van der Waals surface area contributed by atoms with Crippen molar-refractivity contribution in [2.45, 2.75) is 13.8 Å². The highest BCUT2D eigenvalue weighted by molar-refractivity contribution is 6.28. The van der Waals surface area contributed by atoms with Gasteiger partial charge in [-0.25, -0.2) is 4.99 Å². The average molecular weight is 364 g/mol. The lowest BCUT2D eigenvalue weighted by Crippen LogP contribution is -2.25. The first-order valence-corrected chi connectivity index (χ1v) is 8.29. The van der Waals surface area contributed by atoms with Gasteiger partial charge in [0.25, 0.3) is 17.8 Å². The van der Waals surface area contributed by atoms with E-state index in [4.69, 9.17) is 0 Å². The van der Waals surface area contributed by atoms with E-state index in [0.717, 1.165) is 5.69 Å².